The maximum atomic E-state index is 12.8. The van der Waals surface area contributed by atoms with Crippen LogP contribution in [0.5, 0.6) is 5.75 Å². The van der Waals surface area contributed by atoms with Gasteiger partial charge >= 0.3 is 5.97 Å². The fourth-order valence-electron chi connectivity index (χ4n) is 4.54. The van der Waals surface area contributed by atoms with Gasteiger partial charge in [-0.15, -0.1) is 0 Å². The van der Waals surface area contributed by atoms with Crippen LogP contribution in [0.4, 0.5) is 0 Å². The number of para-hydroxylation sites is 1. The van der Waals surface area contributed by atoms with Crippen molar-refractivity contribution in [2.24, 2.45) is 11.8 Å². The maximum absolute atomic E-state index is 12.8. The van der Waals surface area contributed by atoms with E-state index in [0.717, 1.165) is 37.4 Å². The minimum absolute atomic E-state index is 0.101. The number of carbonyl (C=O) groups is 1. The molecule has 6 nitrogen and oxygen atoms in total. The highest BCUT2D eigenvalue weighted by atomic mass is 32.2. The number of hydrogen-bond donors (Lipinski definition) is 1. The highest BCUT2D eigenvalue weighted by molar-refractivity contribution is 7.90. The molecule has 186 valence electrons. The van der Waals surface area contributed by atoms with Crippen LogP contribution in [-0.4, -0.2) is 46.9 Å². The van der Waals surface area contributed by atoms with Crippen LogP contribution in [0.2, 0.25) is 0 Å². The molecule has 1 unspecified atom stereocenters. The molecule has 0 bridgehead atoms. The Morgan fingerprint density at radius 3 is 2.47 bits per heavy atom. The van der Waals surface area contributed by atoms with Crippen LogP contribution >= 0.6 is 0 Å². The first-order chi connectivity index (χ1) is 16.5. The fraction of sp³-hybridized carbons (Fsp3) is 0.519. The second kappa shape index (κ2) is 13.5. The lowest BCUT2D eigenvalue weighted by atomic mass is 9.93. The summed E-state index contributed by atoms with van der Waals surface area (Å²) in [6, 6.07) is 16.6. The van der Waals surface area contributed by atoms with E-state index in [-0.39, 0.29) is 17.9 Å². The largest absolute Gasteiger partial charge is 0.493 e. The van der Waals surface area contributed by atoms with Gasteiger partial charge in [0.1, 0.15) is 5.75 Å². The zero-order chi connectivity index (χ0) is 24.2. The van der Waals surface area contributed by atoms with Gasteiger partial charge < -0.3 is 14.8 Å². The number of sulfone groups is 1. The van der Waals surface area contributed by atoms with Crippen LogP contribution in [0, 0.1) is 11.8 Å². The number of nitrogens with one attached hydrogen (secondary N) is 1. The first-order valence-electron chi connectivity index (χ1n) is 12.2. The van der Waals surface area contributed by atoms with Gasteiger partial charge in [-0.2, -0.15) is 0 Å². The van der Waals surface area contributed by atoms with Gasteiger partial charge in [0.05, 0.1) is 31.1 Å². The molecule has 1 N–H and O–H groups in total. The monoisotopic (exact) mass is 487 g/mol. The van der Waals surface area contributed by atoms with Gasteiger partial charge in [0, 0.05) is 0 Å². The highest BCUT2D eigenvalue weighted by Gasteiger charge is 2.28. The van der Waals surface area contributed by atoms with E-state index in [1.165, 1.54) is 26.4 Å². The molecule has 1 fully saturated rings. The lowest BCUT2D eigenvalue weighted by Crippen LogP contribution is -2.28. The Bertz CT molecular complexity index is 987. The molecule has 2 aromatic rings. The Kier molecular flexibility index (Phi) is 10.4. The van der Waals surface area contributed by atoms with Crippen molar-refractivity contribution in [3.05, 3.63) is 65.7 Å². The second-order valence-electron chi connectivity index (χ2n) is 9.11. The van der Waals surface area contributed by atoms with Gasteiger partial charge in [-0.05, 0) is 68.3 Å². The van der Waals surface area contributed by atoms with Gasteiger partial charge in [-0.25, -0.2) is 8.42 Å². The average Bonchev–Trinajstić information content (AvgIpc) is 2.84. The normalized spacial score (nSPS) is 15.6. The first-order valence-corrected chi connectivity index (χ1v) is 14.0. The SMILES string of the molecule is COC(=O)C(Cc1ccccc1OCCCCC1CCNCC1)CS(=O)(=O)Cc1ccccc1. The Labute approximate surface area is 204 Å². The number of ether oxygens (including phenoxy) is 2. The van der Waals surface area contributed by atoms with Crippen LogP contribution < -0.4 is 10.1 Å². The average molecular weight is 488 g/mol. The maximum Gasteiger partial charge on any atom is 0.310 e. The van der Waals surface area contributed by atoms with Crippen molar-refractivity contribution in [1.82, 2.24) is 5.32 Å². The predicted molar refractivity (Wildman–Crippen MR) is 135 cm³/mol. The summed E-state index contributed by atoms with van der Waals surface area (Å²) in [4.78, 5) is 12.5. The van der Waals surface area contributed by atoms with Crippen molar-refractivity contribution >= 4 is 15.8 Å². The van der Waals surface area contributed by atoms with Crippen molar-refractivity contribution < 1.29 is 22.7 Å². The Hall–Kier alpha value is -2.38. The van der Waals surface area contributed by atoms with Crippen LogP contribution in [0.1, 0.15) is 43.2 Å². The molecule has 1 aliphatic heterocycles. The Balaban J connectivity index is 1.57. The second-order valence-corrected chi connectivity index (χ2v) is 11.2. The summed E-state index contributed by atoms with van der Waals surface area (Å²) in [5.74, 6) is -0.155. The van der Waals surface area contributed by atoms with Gasteiger partial charge in [-0.3, -0.25) is 4.79 Å². The number of hydrogen-bond acceptors (Lipinski definition) is 6. The van der Waals surface area contributed by atoms with Crippen LogP contribution in [0.15, 0.2) is 54.6 Å². The summed E-state index contributed by atoms with van der Waals surface area (Å²) in [5, 5.41) is 3.40. The van der Waals surface area contributed by atoms with Gasteiger partial charge in [0.25, 0.3) is 0 Å². The lowest BCUT2D eigenvalue weighted by Gasteiger charge is -2.22. The smallest absolute Gasteiger partial charge is 0.310 e. The molecule has 1 heterocycles. The van der Waals surface area contributed by atoms with E-state index in [0.29, 0.717) is 17.9 Å². The summed E-state index contributed by atoms with van der Waals surface area (Å²) >= 11 is 0. The number of benzene rings is 2. The molecule has 0 aliphatic carbocycles. The summed E-state index contributed by atoms with van der Waals surface area (Å²) in [6.45, 7) is 2.85. The van der Waals surface area contributed by atoms with Gasteiger partial charge in [-0.1, -0.05) is 55.0 Å². The standard InChI is InChI=1S/C27H37NO5S/c1-32-27(29)25(21-34(30,31)20-23-10-3-2-4-11-23)19-24-12-5-6-13-26(24)33-18-8-7-9-22-14-16-28-17-15-22/h2-6,10-13,22,25,28H,7-9,14-21H2,1H3. The topological polar surface area (TPSA) is 81.7 Å². The number of rotatable bonds is 13. The number of piperidine rings is 1. The zero-order valence-corrected chi connectivity index (χ0v) is 20.9. The minimum atomic E-state index is -3.50. The van der Waals surface area contributed by atoms with Gasteiger partial charge in [0.2, 0.25) is 0 Å². The Morgan fingerprint density at radius 2 is 1.74 bits per heavy atom. The fourth-order valence-corrected chi connectivity index (χ4v) is 6.22. The first kappa shape index (κ1) is 26.2. The third-order valence-corrected chi connectivity index (χ3v) is 8.06. The lowest BCUT2D eigenvalue weighted by molar-refractivity contribution is -0.144. The van der Waals surface area contributed by atoms with Crippen molar-refractivity contribution in [3.8, 4) is 5.75 Å². The van der Waals surface area contributed by atoms with Crippen molar-refractivity contribution in [2.45, 2.75) is 44.3 Å². The van der Waals surface area contributed by atoms with E-state index in [1.54, 1.807) is 12.1 Å². The third kappa shape index (κ3) is 8.76. The van der Waals surface area contributed by atoms with Crippen LogP contribution in [-0.2, 0) is 31.5 Å². The predicted octanol–water partition coefficient (Wildman–Crippen LogP) is 4.18. The molecular formula is C27H37NO5S. The highest BCUT2D eigenvalue weighted by Crippen LogP contribution is 2.25. The molecular weight excluding hydrogens is 450 g/mol. The van der Waals surface area contributed by atoms with Crippen LogP contribution in [0.3, 0.4) is 0 Å². The van der Waals surface area contributed by atoms with Crippen molar-refractivity contribution in [3.63, 3.8) is 0 Å². The van der Waals surface area contributed by atoms with E-state index >= 15 is 0 Å². The number of unbranched alkanes of at least 4 members (excludes halogenated alkanes) is 1. The summed E-state index contributed by atoms with van der Waals surface area (Å²) < 4.78 is 36.7. The molecule has 0 saturated carbocycles. The summed E-state index contributed by atoms with van der Waals surface area (Å²) in [6.07, 6.45) is 6.11. The molecule has 1 saturated heterocycles. The van der Waals surface area contributed by atoms with E-state index < -0.39 is 21.7 Å². The number of carbonyl (C=O) groups excluding carboxylic acids is 1. The molecule has 0 radical (unpaired) electrons. The minimum Gasteiger partial charge on any atom is -0.493 e. The van der Waals surface area contributed by atoms with E-state index in [1.807, 2.05) is 42.5 Å². The molecule has 7 heteroatoms. The van der Waals surface area contributed by atoms with E-state index in [4.69, 9.17) is 9.47 Å². The number of methoxy groups -OCH3 is 1. The molecule has 1 aliphatic rings. The van der Waals surface area contributed by atoms with E-state index in [9.17, 15) is 13.2 Å². The quantitative estimate of drug-likeness (QED) is 0.337. The molecule has 0 aromatic heterocycles. The number of esters is 1. The Morgan fingerprint density at radius 1 is 1.03 bits per heavy atom. The van der Waals surface area contributed by atoms with Gasteiger partial charge in [0.15, 0.2) is 9.84 Å². The molecule has 1 atom stereocenters. The molecule has 2 aromatic carbocycles. The molecule has 0 spiro atoms. The molecule has 3 rings (SSSR count). The summed E-state index contributed by atoms with van der Waals surface area (Å²) in [5.41, 5.74) is 1.53. The van der Waals surface area contributed by atoms with Crippen molar-refractivity contribution in [2.75, 3.05) is 32.6 Å². The van der Waals surface area contributed by atoms with E-state index in [2.05, 4.69) is 5.32 Å². The summed E-state index contributed by atoms with van der Waals surface area (Å²) in [7, 11) is -2.21. The van der Waals surface area contributed by atoms with Crippen LogP contribution in [0.25, 0.3) is 0 Å². The zero-order valence-electron chi connectivity index (χ0n) is 20.1. The molecule has 34 heavy (non-hydrogen) atoms. The third-order valence-electron chi connectivity index (χ3n) is 6.38. The van der Waals surface area contributed by atoms with Crippen molar-refractivity contribution in [1.29, 1.82) is 0 Å². The molecule has 0 amide bonds.